The zero-order valence-electron chi connectivity index (χ0n) is 10.3. The number of carboxylic acid groups (broad SMARTS) is 1. The number of rotatable bonds is 4. The summed E-state index contributed by atoms with van der Waals surface area (Å²) in [7, 11) is 0. The van der Waals surface area contributed by atoms with Crippen LogP contribution in [0.25, 0.3) is 5.69 Å². The molecule has 0 aliphatic heterocycles. The Labute approximate surface area is 109 Å². The number of aliphatic carboxylic acids is 1. The van der Waals surface area contributed by atoms with E-state index in [2.05, 4.69) is 5.10 Å². The van der Waals surface area contributed by atoms with E-state index in [1.54, 1.807) is 0 Å². The van der Waals surface area contributed by atoms with Gasteiger partial charge in [0.1, 0.15) is 6.10 Å². The molecule has 6 nitrogen and oxygen atoms in total. The van der Waals surface area contributed by atoms with Crippen molar-refractivity contribution >= 4 is 5.97 Å². The molecular formula is C13H14N2O4. The van der Waals surface area contributed by atoms with Crippen LogP contribution in [0.15, 0.2) is 36.7 Å². The van der Waals surface area contributed by atoms with Gasteiger partial charge in [-0.2, -0.15) is 5.10 Å². The highest BCUT2D eigenvalue weighted by atomic mass is 16.4. The second kappa shape index (κ2) is 5.21. The van der Waals surface area contributed by atoms with Crippen molar-refractivity contribution in [1.29, 1.82) is 0 Å². The van der Waals surface area contributed by atoms with E-state index >= 15 is 0 Å². The van der Waals surface area contributed by atoms with Gasteiger partial charge in [0.15, 0.2) is 6.10 Å². The molecule has 0 saturated heterocycles. The average Bonchev–Trinajstić information content (AvgIpc) is 2.86. The van der Waals surface area contributed by atoms with Gasteiger partial charge in [-0.15, -0.1) is 0 Å². The van der Waals surface area contributed by atoms with E-state index in [0.717, 1.165) is 11.3 Å². The number of aliphatic hydroxyl groups is 2. The maximum atomic E-state index is 10.6. The minimum atomic E-state index is -1.87. The molecule has 6 heteroatoms. The number of benzene rings is 1. The number of hydrogen-bond donors (Lipinski definition) is 3. The van der Waals surface area contributed by atoms with Crippen LogP contribution in [-0.2, 0) is 4.79 Å². The minimum absolute atomic E-state index is 0.248. The second-order valence-electron chi connectivity index (χ2n) is 4.23. The van der Waals surface area contributed by atoms with Crippen LogP contribution in [0.5, 0.6) is 0 Å². The number of aryl methyl sites for hydroxylation is 1. The summed E-state index contributed by atoms with van der Waals surface area (Å²) in [5, 5.41) is 31.7. The molecule has 0 bridgehead atoms. The lowest BCUT2D eigenvalue weighted by atomic mass is 10.1. The number of nitrogens with zero attached hydrogens (tertiary/aromatic N) is 2. The summed E-state index contributed by atoms with van der Waals surface area (Å²) in [4.78, 5) is 10.6. The number of hydrogen-bond acceptors (Lipinski definition) is 4. The Balaban J connectivity index is 2.29. The van der Waals surface area contributed by atoms with Crippen molar-refractivity contribution in [2.75, 3.05) is 0 Å². The summed E-state index contributed by atoms with van der Waals surface area (Å²) < 4.78 is 1.53. The first-order valence-corrected chi connectivity index (χ1v) is 5.70. The van der Waals surface area contributed by atoms with Crippen molar-refractivity contribution in [1.82, 2.24) is 9.78 Å². The van der Waals surface area contributed by atoms with Crippen LogP contribution in [0.1, 0.15) is 17.2 Å². The van der Waals surface area contributed by atoms with Crippen molar-refractivity contribution in [3.05, 3.63) is 47.8 Å². The van der Waals surface area contributed by atoms with Gasteiger partial charge in [0.05, 0.1) is 11.9 Å². The third-order valence-corrected chi connectivity index (χ3v) is 2.86. The number of aliphatic hydroxyl groups excluding tert-OH is 2. The Hall–Kier alpha value is -2.18. The fourth-order valence-electron chi connectivity index (χ4n) is 1.76. The van der Waals surface area contributed by atoms with Gasteiger partial charge in [0, 0.05) is 11.8 Å². The number of carbonyl (C=O) groups is 1. The second-order valence-corrected chi connectivity index (χ2v) is 4.23. The lowest BCUT2D eigenvalue weighted by Gasteiger charge is -2.11. The molecule has 2 atom stereocenters. The first-order chi connectivity index (χ1) is 9.00. The van der Waals surface area contributed by atoms with Gasteiger partial charge in [0.25, 0.3) is 0 Å². The molecule has 0 aliphatic carbocycles. The molecular weight excluding hydrogens is 248 g/mol. The molecule has 100 valence electrons. The van der Waals surface area contributed by atoms with Gasteiger partial charge in [-0.1, -0.05) is 18.2 Å². The molecule has 2 unspecified atom stereocenters. The molecule has 0 spiro atoms. The lowest BCUT2D eigenvalue weighted by Crippen LogP contribution is -2.27. The summed E-state index contributed by atoms with van der Waals surface area (Å²) in [6.45, 7) is 1.92. The lowest BCUT2D eigenvalue weighted by molar-refractivity contribution is -0.153. The van der Waals surface area contributed by atoms with Crippen LogP contribution in [0.3, 0.4) is 0 Å². The van der Waals surface area contributed by atoms with E-state index in [1.165, 1.54) is 17.1 Å². The summed E-state index contributed by atoms with van der Waals surface area (Å²) >= 11 is 0. The Kier molecular flexibility index (Phi) is 3.64. The molecule has 0 radical (unpaired) electrons. The van der Waals surface area contributed by atoms with Gasteiger partial charge in [-0.3, -0.25) is 0 Å². The third kappa shape index (κ3) is 2.64. The van der Waals surface area contributed by atoms with E-state index < -0.39 is 18.2 Å². The van der Waals surface area contributed by atoms with Crippen LogP contribution >= 0.6 is 0 Å². The Morgan fingerprint density at radius 3 is 2.63 bits per heavy atom. The number of para-hydroxylation sites is 1. The highest BCUT2D eigenvalue weighted by molar-refractivity contribution is 5.73. The number of carboxylic acids is 1. The van der Waals surface area contributed by atoms with Gasteiger partial charge < -0.3 is 15.3 Å². The highest BCUT2D eigenvalue weighted by Gasteiger charge is 2.26. The van der Waals surface area contributed by atoms with Gasteiger partial charge in [0.2, 0.25) is 0 Å². The fourth-order valence-corrected chi connectivity index (χ4v) is 1.76. The molecule has 3 N–H and O–H groups in total. The zero-order valence-corrected chi connectivity index (χ0v) is 10.3. The Morgan fingerprint density at radius 1 is 1.32 bits per heavy atom. The van der Waals surface area contributed by atoms with Crippen molar-refractivity contribution in [3.8, 4) is 5.69 Å². The van der Waals surface area contributed by atoms with Crippen LogP contribution in [-0.4, -0.2) is 37.2 Å². The largest absolute Gasteiger partial charge is 0.479 e. The van der Waals surface area contributed by atoms with E-state index in [0.29, 0.717) is 0 Å². The highest BCUT2D eigenvalue weighted by Crippen LogP contribution is 2.19. The maximum absolute atomic E-state index is 10.6. The van der Waals surface area contributed by atoms with Crippen LogP contribution < -0.4 is 0 Å². The molecule has 2 aromatic rings. The third-order valence-electron chi connectivity index (χ3n) is 2.86. The summed E-state index contributed by atoms with van der Waals surface area (Å²) in [6, 6.07) is 7.52. The average molecular weight is 262 g/mol. The van der Waals surface area contributed by atoms with Gasteiger partial charge in [-0.25, -0.2) is 9.48 Å². The van der Waals surface area contributed by atoms with Crippen LogP contribution in [0, 0.1) is 6.92 Å². The monoisotopic (exact) mass is 262 g/mol. The van der Waals surface area contributed by atoms with Gasteiger partial charge >= 0.3 is 5.97 Å². The van der Waals surface area contributed by atoms with Crippen LogP contribution in [0.2, 0.25) is 0 Å². The molecule has 0 fully saturated rings. The number of aromatic nitrogens is 2. The van der Waals surface area contributed by atoms with Crippen molar-refractivity contribution in [3.63, 3.8) is 0 Å². The van der Waals surface area contributed by atoms with E-state index in [1.807, 2.05) is 31.2 Å². The molecule has 1 aromatic carbocycles. The van der Waals surface area contributed by atoms with E-state index in [4.69, 9.17) is 5.11 Å². The van der Waals surface area contributed by atoms with E-state index in [9.17, 15) is 15.0 Å². The normalized spacial score (nSPS) is 14.1. The fraction of sp³-hybridized carbons (Fsp3) is 0.231. The first kappa shape index (κ1) is 13.3. The van der Waals surface area contributed by atoms with Crippen LogP contribution in [0.4, 0.5) is 0 Å². The molecule has 1 aromatic heterocycles. The Bertz CT molecular complexity index is 594. The zero-order chi connectivity index (χ0) is 14.0. The quantitative estimate of drug-likeness (QED) is 0.752. The standard InChI is InChI=1S/C13H14N2O4/c1-8-4-2-3-5-10(8)15-7-9(6-14-15)11(16)12(17)13(18)19/h2-7,11-12,16-17H,1H3,(H,18,19). The minimum Gasteiger partial charge on any atom is -0.479 e. The smallest absolute Gasteiger partial charge is 0.335 e. The molecule has 0 aliphatic rings. The molecule has 1 heterocycles. The summed E-state index contributed by atoms with van der Waals surface area (Å²) in [5.74, 6) is -1.48. The van der Waals surface area contributed by atoms with Crippen molar-refractivity contribution < 1.29 is 20.1 Å². The predicted octanol–water partition coefficient (Wildman–Crippen LogP) is 0.660. The predicted molar refractivity (Wildman–Crippen MR) is 66.9 cm³/mol. The summed E-state index contributed by atoms with van der Waals surface area (Å²) in [6.07, 6.45) is -0.535. The molecule has 0 saturated carbocycles. The SMILES string of the molecule is Cc1ccccc1-n1cc(C(O)C(O)C(=O)O)cn1. The van der Waals surface area contributed by atoms with Gasteiger partial charge in [-0.05, 0) is 18.6 Å². The maximum Gasteiger partial charge on any atom is 0.335 e. The van der Waals surface area contributed by atoms with Crippen molar-refractivity contribution in [2.24, 2.45) is 0 Å². The summed E-state index contributed by atoms with van der Waals surface area (Å²) in [5.41, 5.74) is 2.06. The molecule has 2 rings (SSSR count). The molecule has 0 amide bonds. The topological polar surface area (TPSA) is 95.6 Å². The first-order valence-electron chi connectivity index (χ1n) is 5.70. The molecule has 19 heavy (non-hydrogen) atoms. The van der Waals surface area contributed by atoms with E-state index in [-0.39, 0.29) is 5.56 Å². The Morgan fingerprint density at radius 2 is 2.00 bits per heavy atom. The van der Waals surface area contributed by atoms with Crippen molar-refractivity contribution in [2.45, 2.75) is 19.1 Å².